The summed E-state index contributed by atoms with van der Waals surface area (Å²) in [4.78, 5) is 26.9. The Balaban J connectivity index is 3.98. The van der Waals surface area contributed by atoms with Crippen molar-refractivity contribution < 1.29 is 28.4 Å². The van der Waals surface area contributed by atoms with Crippen molar-refractivity contribution in [2.75, 3.05) is 7.11 Å². The Bertz CT molecular complexity index is 183. The number of esters is 1. The van der Waals surface area contributed by atoms with E-state index in [4.69, 9.17) is 9.79 Å². The zero-order valence-corrected chi connectivity index (χ0v) is 6.95. The summed E-state index contributed by atoms with van der Waals surface area (Å²) in [5.41, 5.74) is 0. The van der Waals surface area contributed by atoms with Gasteiger partial charge in [-0.3, -0.25) is 4.52 Å². The molecule has 2 N–H and O–H groups in total. The van der Waals surface area contributed by atoms with Crippen molar-refractivity contribution in [2.45, 2.75) is 13.0 Å². The van der Waals surface area contributed by atoms with Crippen LogP contribution in [-0.4, -0.2) is 29.0 Å². The summed E-state index contributed by atoms with van der Waals surface area (Å²) < 4.78 is 18.3. The Kier molecular flexibility index (Phi) is 3.68. The Morgan fingerprint density at radius 2 is 2.00 bits per heavy atom. The zero-order valence-electron chi connectivity index (χ0n) is 6.05. The van der Waals surface area contributed by atoms with Gasteiger partial charge >= 0.3 is 13.8 Å². The monoisotopic (exact) mass is 184 g/mol. The van der Waals surface area contributed by atoms with E-state index >= 15 is 0 Å². The summed E-state index contributed by atoms with van der Waals surface area (Å²) in [5, 5.41) is 0. The molecule has 7 heteroatoms. The van der Waals surface area contributed by atoms with Gasteiger partial charge in [0.25, 0.3) is 0 Å². The highest BCUT2D eigenvalue weighted by Gasteiger charge is 2.24. The molecule has 0 aliphatic heterocycles. The van der Waals surface area contributed by atoms with E-state index < -0.39 is 19.9 Å². The van der Waals surface area contributed by atoms with Crippen molar-refractivity contribution in [1.29, 1.82) is 0 Å². The summed E-state index contributed by atoms with van der Waals surface area (Å²) in [7, 11) is -3.49. The topological polar surface area (TPSA) is 93.1 Å². The number of methoxy groups -OCH3 is 1. The molecule has 66 valence electrons. The van der Waals surface area contributed by atoms with Crippen LogP contribution in [0.4, 0.5) is 0 Å². The lowest BCUT2D eigenvalue weighted by Gasteiger charge is -2.10. The Labute approximate surface area is 63.4 Å². The summed E-state index contributed by atoms with van der Waals surface area (Å²) in [6, 6.07) is 0. The number of phosphoric ester groups is 1. The summed E-state index contributed by atoms with van der Waals surface area (Å²) >= 11 is 0. The van der Waals surface area contributed by atoms with E-state index in [1.165, 1.54) is 6.92 Å². The fourth-order valence-corrected chi connectivity index (χ4v) is 0.913. The van der Waals surface area contributed by atoms with Crippen LogP contribution in [-0.2, 0) is 18.6 Å². The fraction of sp³-hybridized carbons (Fsp3) is 0.750. The molecule has 6 nitrogen and oxygen atoms in total. The third kappa shape index (κ3) is 4.92. The molecule has 11 heavy (non-hydrogen) atoms. The molecule has 0 aliphatic carbocycles. The number of carbonyl (C=O) groups is 1. The molecule has 0 aromatic rings. The van der Waals surface area contributed by atoms with Gasteiger partial charge in [-0.05, 0) is 6.92 Å². The quantitative estimate of drug-likeness (QED) is 0.460. The van der Waals surface area contributed by atoms with Gasteiger partial charge in [0.05, 0.1) is 7.11 Å². The Morgan fingerprint density at radius 3 is 2.27 bits per heavy atom. The van der Waals surface area contributed by atoms with Gasteiger partial charge in [-0.15, -0.1) is 0 Å². The van der Waals surface area contributed by atoms with E-state index in [9.17, 15) is 9.36 Å². The van der Waals surface area contributed by atoms with Crippen molar-refractivity contribution >= 4 is 13.8 Å². The molecule has 0 bridgehead atoms. The molecule has 1 atom stereocenters. The van der Waals surface area contributed by atoms with Crippen molar-refractivity contribution in [2.24, 2.45) is 0 Å². The molecule has 0 fully saturated rings. The highest BCUT2D eigenvalue weighted by atomic mass is 31.2. The second-order valence-corrected chi connectivity index (χ2v) is 2.95. The number of carbonyl (C=O) groups excluding carboxylic acids is 1. The standard InChI is InChI=1S/C4H9O6P/c1-3(4(5)9-2)10-11(6,7)8/h3H,1-2H3,(H2,6,7,8). The number of rotatable bonds is 3. The van der Waals surface area contributed by atoms with Crippen LogP contribution in [0, 0.1) is 0 Å². The van der Waals surface area contributed by atoms with Gasteiger partial charge in [-0.25, -0.2) is 9.36 Å². The average molecular weight is 184 g/mol. The van der Waals surface area contributed by atoms with Crippen LogP contribution >= 0.6 is 7.82 Å². The highest BCUT2D eigenvalue weighted by Crippen LogP contribution is 2.37. The van der Waals surface area contributed by atoms with E-state index in [-0.39, 0.29) is 0 Å². The molecule has 0 heterocycles. The average Bonchev–Trinajstić information content (AvgIpc) is 1.82. The number of phosphoric acid groups is 1. The van der Waals surface area contributed by atoms with Gasteiger partial charge in [-0.2, -0.15) is 0 Å². The van der Waals surface area contributed by atoms with Gasteiger partial charge < -0.3 is 14.5 Å². The molecule has 0 aromatic carbocycles. The molecule has 1 unspecified atom stereocenters. The first-order valence-corrected chi connectivity index (χ1v) is 4.21. The first kappa shape index (κ1) is 10.6. The lowest BCUT2D eigenvalue weighted by molar-refractivity contribution is -0.148. The van der Waals surface area contributed by atoms with Crippen LogP contribution in [0.15, 0.2) is 0 Å². The minimum absolute atomic E-state index is 0.826. The molecular formula is C4H9O6P. The van der Waals surface area contributed by atoms with E-state index in [0.29, 0.717) is 0 Å². The maximum atomic E-state index is 10.5. The number of hydrogen-bond donors (Lipinski definition) is 2. The normalized spacial score (nSPS) is 14.2. The Hall–Kier alpha value is -0.420. The van der Waals surface area contributed by atoms with E-state index in [1.807, 2.05) is 0 Å². The van der Waals surface area contributed by atoms with Gasteiger partial charge in [0.15, 0.2) is 6.10 Å². The maximum Gasteiger partial charge on any atom is 0.470 e. The number of ether oxygens (including phenoxy) is 1. The molecular weight excluding hydrogens is 175 g/mol. The molecule has 0 saturated heterocycles. The van der Waals surface area contributed by atoms with E-state index in [2.05, 4.69) is 9.26 Å². The minimum Gasteiger partial charge on any atom is -0.467 e. The lowest BCUT2D eigenvalue weighted by Crippen LogP contribution is -2.20. The number of hydrogen-bond acceptors (Lipinski definition) is 4. The SMILES string of the molecule is COC(=O)C(C)OP(=O)(O)O. The van der Waals surface area contributed by atoms with Gasteiger partial charge in [-0.1, -0.05) is 0 Å². The van der Waals surface area contributed by atoms with Crippen LogP contribution in [0.1, 0.15) is 6.92 Å². The Morgan fingerprint density at radius 1 is 1.55 bits per heavy atom. The molecule has 0 amide bonds. The predicted octanol–water partition coefficient (Wildman–Crippen LogP) is -0.343. The maximum absolute atomic E-state index is 10.5. The largest absolute Gasteiger partial charge is 0.470 e. The third-order valence-corrected chi connectivity index (χ3v) is 1.42. The van der Waals surface area contributed by atoms with Crippen molar-refractivity contribution in [1.82, 2.24) is 0 Å². The third-order valence-electron chi connectivity index (χ3n) is 0.829. The van der Waals surface area contributed by atoms with Crippen LogP contribution in [0.3, 0.4) is 0 Å². The minimum atomic E-state index is -4.59. The van der Waals surface area contributed by atoms with Crippen LogP contribution in [0.2, 0.25) is 0 Å². The van der Waals surface area contributed by atoms with E-state index in [1.54, 1.807) is 0 Å². The molecule has 0 spiro atoms. The van der Waals surface area contributed by atoms with Crippen LogP contribution in [0.25, 0.3) is 0 Å². The van der Waals surface area contributed by atoms with Gasteiger partial charge in [0.1, 0.15) is 0 Å². The van der Waals surface area contributed by atoms with Gasteiger partial charge in [0, 0.05) is 0 Å². The summed E-state index contributed by atoms with van der Waals surface area (Å²) in [6.07, 6.45) is -1.25. The first-order chi connectivity index (χ1) is 4.87. The highest BCUT2D eigenvalue weighted by molar-refractivity contribution is 7.46. The second-order valence-electron chi connectivity index (χ2n) is 1.76. The summed E-state index contributed by atoms with van der Waals surface area (Å²) in [5.74, 6) is -0.826. The van der Waals surface area contributed by atoms with Crippen molar-refractivity contribution in [3.8, 4) is 0 Å². The molecule has 0 rings (SSSR count). The second kappa shape index (κ2) is 3.82. The molecule has 0 saturated carbocycles. The van der Waals surface area contributed by atoms with Crippen LogP contribution in [0.5, 0.6) is 0 Å². The van der Waals surface area contributed by atoms with Crippen LogP contribution < -0.4 is 0 Å². The summed E-state index contributed by atoms with van der Waals surface area (Å²) in [6.45, 7) is 1.19. The predicted molar refractivity (Wildman–Crippen MR) is 34.6 cm³/mol. The van der Waals surface area contributed by atoms with E-state index in [0.717, 1.165) is 7.11 Å². The molecule has 0 radical (unpaired) electrons. The fourth-order valence-electron chi connectivity index (χ4n) is 0.415. The molecule has 0 aliphatic rings. The lowest BCUT2D eigenvalue weighted by atomic mass is 10.4. The van der Waals surface area contributed by atoms with Gasteiger partial charge in [0.2, 0.25) is 0 Å². The zero-order chi connectivity index (χ0) is 9.07. The van der Waals surface area contributed by atoms with Crippen molar-refractivity contribution in [3.05, 3.63) is 0 Å². The first-order valence-electron chi connectivity index (χ1n) is 2.68. The van der Waals surface area contributed by atoms with Crippen molar-refractivity contribution in [3.63, 3.8) is 0 Å². The molecule has 0 aromatic heterocycles. The smallest absolute Gasteiger partial charge is 0.467 e.